The van der Waals surface area contributed by atoms with Crippen molar-refractivity contribution in [2.24, 2.45) is 0 Å². The van der Waals surface area contributed by atoms with Crippen molar-refractivity contribution in [2.75, 3.05) is 18.4 Å². The van der Waals surface area contributed by atoms with E-state index in [4.69, 9.17) is 0 Å². The lowest BCUT2D eigenvalue weighted by Crippen LogP contribution is -2.35. The van der Waals surface area contributed by atoms with Crippen LogP contribution in [0.2, 0.25) is 0 Å². The number of urea groups is 1. The first-order valence-corrected chi connectivity index (χ1v) is 8.50. The Balaban J connectivity index is 1.73. The van der Waals surface area contributed by atoms with Crippen LogP contribution in [0.3, 0.4) is 0 Å². The maximum absolute atomic E-state index is 12.7. The average Bonchev–Trinajstić information content (AvgIpc) is 2.91. The summed E-state index contributed by atoms with van der Waals surface area (Å²) in [4.78, 5) is 23.3. The van der Waals surface area contributed by atoms with E-state index in [-0.39, 0.29) is 6.03 Å². The number of nitrogens with one attached hydrogen (secondary N) is 1. The van der Waals surface area contributed by atoms with Gasteiger partial charge in [0, 0.05) is 42.5 Å². The molecule has 1 fully saturated rings. The van der Waals surface area contributed by atoms with Gasteiger partial charge < -0.3 is 10.2 Å². The van der Waals surface area contributed by atoms with Gasteiger partial charge in [-0.25, -0.2) is 4.79 Å². The molecule has 1 N–H and O–H groups in total. The molecule has 1 aliphatic heterocycles. The van der Waals surface area contributed by atoms with E-state index in [1.54, 1.807) is 12.4 Å². The molecule has 122 valence electrons. The van der Waals surface area contributed by atoms with E-state index in [1.165, 1.54) is 12.8 Å². The van der Waals surface area contributed by atoms with E-state index in [1.807, 2.05) is 35.4 Å². The minimum Gasteiger partial charge on any atom is -0.325 e. The van der Waals surface area contributed by atoms with Crippen LogP contribution in [0.4, 0.5) is 10.5 Å². The molecule has 1 saturated heterocycles. The third-order valence-corrected chi connectivity index (χ3v) is 4.64. The highest BCUT2D eigenvalue weighted by Crippen LogP contribution is 2.30. The summed E-state index contributed by atoms with van der Waals surface area (Å²) in [5.74, 6) is 0. The maximum atomic E-state index is 12.7. The van der Waals surface area contributed by atoms with Crippen LogP contribution in [0.5, 0.6) is 0 Å². The quantitative estimate of drug-likeness (QED) is 0.684. The van der Waals surface area contributed by atoms with Gasteiger partial charge in [0.25, 0.3) is 0 Å². The number of amides is 2. The first kappa shape index (κ1) is 14.9. The monoisotopic (exact) mass is 320 g/mol. The third kappa shape index (κ3) is 2.77. The Morgan fingerprint density at radius 3 is 2.71 bits per heavy atom. The van der Waals surface area contributed by atoms with Gasteiger partial charge >= 0.3 is 6.03 Å². The number of fused-ring (bicyclic) bond motifs is 3. The van der Waals surface area contributed by atoms with Gasteiger partial charge in [0.1, 0.15) is 0 Å². The molecule has 2 amide bonds. The van der Waals surface area contributed by atoms with Crippen LogP contribution in [0, 0.1) is 0 Å². The Kier molecular flexibility index (Phi) is 3.99. The Bertz CT molecular complexity index is 885. The normalized spacial score (nSPS) is 15.4. The van der Waals surface area contributed by atoms with E-state index >= 15 is 0 Å². The number of rotatable bonds is 1. The average molecular weight is 320 g/mol. The Morgan fingerprint density at radius 1 is 1.04 bits per heavy atom. The van der Waals surface area contributed by atoms with E-state index in [9.17, 15) is 4.79 Å². The first-order chi connectivity index (χ1) is 11.8. The highest BCUT2D eigenvalue weighted by Gasteiger charge is 2.17. The summed E-state index contributed by atoms with van der Waals surface area (Å²) in [6.45, 7) is 1.67. The summed E-state index contributed by atoms with van der Waals surface area (Å²) in [7, 11) is 0. The lowest BCUT2D eigenvalue weighted by molar-refractivity contribution is 0.214. The van der Waals surface area contributed by atoms with Gasteiger partial charge in [-0.15, -0.1) is 0 Å². The molecule has 0 bridgehead atoms. The number of carbonyl (C=O) groups excluding carboxylic acids is 1. The summed E-state index contributed by atoms with van der Waals surface area (Å²) >= 11 is 0. The fraction of sp³-hybridized carbons (Fsp3) is 0.316. The summed E-state index contributed by atoms with van der Waals surface area (Å²) in [5, 5.41) is 6.08. The smallest absolute Gasteiger partial charge is 0.321 e. The number of likely N-dealkylation sites (tertiary alicyclic amines) is 1. The minimum atomic E-state index is -0.0181. The molecule has 2 aromatic heterocycles. The highest BCUT2D eigenvalue weighted by molar-refractivity contribution is 6.13. The molecule has 0 unspecified atom stereocenters. The molecule has 24 heavy (non-hydrogen) atoms. The molecule has 5 nitrogen and oxygen atoms in total. The largest absolute Gasteiger partial charge is 0.325 e. The second-order valence-electron chi connectivity index (χ2n) is 6.25. The van der Waals surface area contributed by atoms with Crippen molar-refractivity contribution in [3.8, 4) is 0 Å². The van der Waals surface area contributed by atoms with Crippen LogP contribution in [0.25, 0.3) is 21.7 Å². The number of anilines is 1. The lowest BCUT2D eigenvalue weighted by Gasteiger charge is -2.21. The zero-order chi connectivity index (χ0) is 16.4. The number of aromatic nitrogens is 2. The summed E-state index contributed by atoms with van der Waals surface area (Å²) in [6, 6.07) is 7.83. The molecule has 3 heterocycles. The standard InChI is InChI=1S/C19H20N4O/c24-19(23-10-3-1-2-4-11-23)22-17-12-14-7-9-20-13-16(14)18-15(17)6-5-8-21-18/h5-9,12-13H,1-4,10-11H2,(H,22,24). The van der Waals surface area contributed by atoms with Crippen molar-refractivity contribution < 1.29 is 4.79 Å². The van der Waals surface area contributed by atoms with E-state index in [0.29, 0.717) is 0 Å². The fourth-order valence-electron chi connectivity index (χ4n) is 3.37. The molecule has 1 aliphatic rings. The predicted octanol–water partition coefficient (Wildman–Crippen LogP) is 4.19. The molecular formula is C19H20N4O. The molecule has 0 spiro atoms. The maximum Gasteiger partial charge on any atom is 0.321 e. The Hall–Kier alpha value is -2.69. The number of benzene rings is 1. The summed E-state index contributed by atoms with van der Waals surface area (Å²) < 4.78 is 0. The number of carbonyl (C=O) groups is 1. The van der Waals surface area contributed by atoms with E-state index in [2.05, 4.69) is 15.3 Å². The molecule has 4 rings (SSSR count). The Labute approximate surface area is 140 Å². The second kappa shape index (κ2) is 6.43. The van der Waals surface area contributed by atoms with Gasteiger partial charge in [-0.05, 0) is 42.5 Å². The predicted molar refractivity (Wildman–Crippen MR) is 96.1 cm³/mol. The number of pyridine rings is 2. The molecule has 0 atom stereocenters. The molecule has 1 aromatic carbocycles. The van der Waals surface area contributed by atoms with Gasteiger partial charge in [-0.1, -0.05) is 12.8 Å². The molecule has 0 radical (unpaired) electrons. The van der Waals surface area contributed by atoms with Gasteiger partial charge in [0.15, 0.2) is 0 Å². The van der Waals surface area contributed by atoms with Gasteiger partial charge in [-0.2, -0.15) is 0 Å². The van der Waals surface area contributed by atoms with Crippen LogP contribution in [-0.4, -0.2) is 34.0 Å². The fourth-order valence-corrected chi connectivity index (χ4v) is 3.37. The molecule has 0 aliphatic carbocycles. The number of nitrogens with zero attached hydrogens (tertiary/aromatic N) is 3. The van der Waals surface area contributed by atoms with Crippen LogP contribution < -0.4 is 5.32 Å². The minimum absolute atomic E-state index is 0.0181. The van der Waals surface area contributed by atoms with E-state index < -0.39 is 0 Å². The van der Waals surface area contributed by atoms with Crippen molar-refractivity contribution in [1.29, 1.82) is 0 Å². The third-order valence-electron chi connectivity index (χ3n) is 4.64. The van der Waals surface area contributed by atoms with Crippen molar-refractivity contribution in [2.45, 2.75) is 25.7 Å². The van der Waals surface area contributed by atoms with Crippen LogP contribution >= 0.6 is 0 Å². The van der Waals surface area contributed by atoms with Crippen LogP contribution in [0.15, 0.2) is 42.9 Å². The van der Waals surface area contributed by atoms with Crippen LogP contribution in [0.1, 0.15) is 25.7 Å². The zero-order valence-electron chi connectivity index (χ0n) is 13.5. The Morgan fingerprint density at radius 2 is 1.88 bits per heavy atom. The SMILES string of the molecule is O=C(Nc1cc2ccncc2c2ncccc12)N1CCCCCC1. The van der Waals surface area contributed by atoms with Gasteiger partial charge in [0.2, 0.25) is 0 Å². The topological polar surface area (TPSA) is 58.1 Å². The van der Waals surface area contributed by atoms with Crippen molar-refractivity contribution in [1.82, 2.24) is 14.9 Å². The van der Waals surface area contributed by atoms with E-state index in [0.717, 1.165) is 53.3 Å². The lowest BCUT2D eigenvalue weighted by atomic mass is 10.1. The van der Waals surface area contributed by atoms with Crippen molar-refractivity contribution in [3.05, 3.63) is 42.9 Å². The highest BCUT2D eigenvalue weighted by atomic mass is 16.2. The first-order valence-electron chi connectivity index (χ1n) is 8.50. The molecular weight excluding hydrogens is 300 g/mol. The number of hydrogen-bond acceptors (Lipinski definition) is 3. The zero-order valence-corrected chi connectivity index (χ0v) is 13.5. The second-order valence-corrected chi connectivity index (χ2v) is 6.25. The van der Waals surface area contributed by atoms with Crippen molar-refractivity contribution >= 4 is 33.4 Å². The summed E-state index contributed by atoms with van der Waals surface area (Å²) in [5.41, 5.74) is 1.68. The van der Waals surface area contributed by atoms with Crippen LogP contribution in [-0.2, 0) is 0 Å². The molecule has 5 heteroatoms. The van der Waals surface area contributed by atoms with Gasteiger partial charge in [0.05, 0.1) is 11.2 Å². The molecule has 3 aromatic rings. The van der Waals surface area contributed by atoms with Gasteiger partial charge in [-0.3, -0.25) is 9.97 Å². The number of hydrogen-bond donors (Lipinski definition) is 1. The summed E-state index contributed by atoms with van der Waals surface area (Å²) in [6.07, 6.45) is 9.94. The van der Waals surface area contributed by atoms with Crippen molar-refractivity contribution in [3.63, 3.8) is 0 Å². The molecule has 0 saturated carbocycles.